The summed E-state index contributed by atoms with van der Waals surface area (Å²) in [5, 5.41) is 3.05. The standard InChI is InChI=1S/C13H22N2O/c1-4-15(3)11-12-5-7-13(8-6-12)16-10-9-14-2/h5-8,14H,4,9-11H2,1-3H3. The Bertz CT molecular complexity index is 284. The highest BCUT2D eigenvalue weighted by Gasteiger charge is 1.98. The fourth-order valence-corrected chi connectivity index (χ4v) is 1.39. The minimum atomic E-state index is 0.713. The molecule has 1 rings (SSSR count). The highest BCUT2D eigenvalue weighted by molar-refractivity contribution is 5.27. The van der Waals surface area contributed by atoms with E-state index in [0.717, 1.165) is 25.4 Å². The largest absolute Gasteiger partial charge is 0.492 e. The van der Waals surface area contributed by atoms with E-state index in [1.807, 2.05) is 19.2 Å². The van der Waals surface area contributed by atoms with E-state index in [-0.39, 0.29) is 0 Å². The molecule has 0 unspecified atom stereocenters. The Labute approximate surface area is 98.4 Å². The van der Waals surface area contributed by atoms with Gasteiger partial charge in [0.05, 0.1) is 0 Å². The van der Waals surface area contributed by atoms with Crippen LogP contribution in [0.25, 0.3) is 0 Å². The van der Waals surface area contributed by atoms with Crippen molar-refractivity contribution in [2.24, 2.45) is 0 Å². The van der Waals surface area contributed by atoms with Gasteiger partial charge in [-0.05, 0) is 38.3 Å². The molecule has 3 nitrogen and oxygen atoms in total. The van der Waals surface area contributed by atoms with Crippen molar-refractivity contribution in [3.05, 3.63) is 29.8 Å². The molecule has 0 spiro atoms. The third kappa shape index (κ3) is 4.64. The molecule has 0 aliphatic rings. The van der Waals surface area contributed by atoms with Gasteiger partial charge in [0.25, 0.3) is 0 Å². The molecule has 3 heteroatoms. The van der Waals surface area contributed by atoms with E-state index in [4.69, 9.17) is 4.74 Å². The van der Waals surface area contributed by atoms with Gasteiger partial charge in [0.15, 0.2) is 0 Å². The first-order valence-corrected chi connectivity index (χ1v) is 5.81. The molecule has 0 radical (unpaired) electrons. The normalized spacial score (nSPS) is 10.8. The smallest absolute Gasteiger partial charge is 0.119 e. The third-order valence-electron chi connectivity index (χ3n) is 2.54. The lowest BCUT2D eigenvalue weighted by molar-refractivity contribution is 0.317. The third-order valence-corrected chi connectivity index (χ3v) is 2.54. The molecule has 0 aliphatic heterocycles. The van der Waals surface area contributed by atoms with Crippen molar-refractivity contribution in [2.75, 3.05) is 33.8 Å². The molecule has 0 fully saturated rings. The van der Waals surface area contributed by atoms with E-state index >= 15 is 0 Å². The maximum absolute atomic E-state index is 5.56. The van der Waals surface area contributed by atoms with Gasteiger partial charge >= 0.3 is 0 Å². The van der Waals surface area contributed by atoms with Crippen molar-refractivity contribution in [2.45, 2.75) is 13.5 Å². The van der Waals surface area contributed by atoms with Gasteiger partial charge in [0, 0.05) is 13.1 Å². The van der Waals surface area contributed by atoms with Gasteiger partial charge in [-0.2, -0.15) is 0 Å². The first kappa shape index (κ1) is 13.0. The summed E-state index contributed by atoms with van der Waals surface area (Å²) in [6.45, 7) is 5.81. The Morgan fingerprint density at radius 3 is 2.50 bits per heavy atom. The second kappa shape index (κ2) is 7.25. The summed E-state index contributed by atoms with van der Waals surface area (Å²) < 4.78 is 5.56. The Balaban J connectivity index is 2.41. The second-order valence-corrected chi connectivity index (χ2v) is 3.93. The van der Waals surface area contributed by atoms with Crippen LogP contribution in [-0.2, 0) is 6.54 Å². The number of rotatable bonds is 7. The topological polar surface area (TPSA) is 24.5 Å². The first-order chi connectivity index (χ1) is 7.76. The van der Waals surface area contributed by atoms with Crippen molar-refractivity contribution in [3.8, 4) is 5.75 Å². The fraction of sp³-hybridized carbons (Fsp3) is 0.538. The molecule has 0 bridgehead atoms. The number of nitrogens with zero attached hydrogens (tertiary/aromatic N) is 1. The fourth-order valence-electron chi connectivity index (χ4n) is 1.39. The van der Waals surface area contributed by atoms with E-state index in [1.54, 1.807) is 0 Å². The molecule has 90 valence electrons. The minimum absolute atomic E-state index is 0.713. The number of ether oxygens (including phenoxy) is 1. The monoisotopic (exact) mass is 222 g/mol. The molecule has 1 N–H and O–H groups in total. The van der Waals surface area contributed by atoms with Crippen LogP contribution >= 0.6 is 0 Å². The Morgan fingerprint density at radius 1 is 1.25 bits per heavy atom. The van der Waals surface area contributed by atoms with Gasteiger partial charge in [0.1, 0.15) is 12.4 Å². The molecule has 1 aromatic carbocycles. The van der Waals surface area contributed by atoms with Crippen molar-refractivity contribution in [1.29, 1.82) is 0 Å². The molecule has 0 atom stereocenters. The summed E-state index contributed by atoms with van der Waals surface area (Å²) in [6, 6.07) is 8.32. The van der Waals surface area contributed by atoms with Gasteiger partial charge in [-0.15, -0.1) is 0 Å². The minimum Gasteiger partial charge on any atom is -0.492 e. The van der Waals surface area contributed by atoms with Crippen molar-refractivity contribution >= 4 is 0 Å². The molecular formula is C13H22N2O. The Kier molecular flexibility index (Phi) is 5.90. The molecule has 16 heavy (non-hydrogen) atoms. The molecule has 0 saturated carbocycles. The predicted molar refractivity (Wildman–Crippen MR) is 67.9 cm³/mol. The first-order valence-electron chi connectivity index (χ1n) is 5.81. The molecule has 1 aromatic rings. The van der Waals surface area contributed by atoms with Crippen LogP contribution < -0.4 is 10.1 Å². The van der Waals surface area contributed by atoms with Crippen LogP contribution in [0.15, 0.2) is 24.3 Å². The summed E-state index contributed by atoms with van der Waals surface area (Å²) in [7, 11) is 4.05. The second-order valence-electron chi connectivity index (χ2n) is 3.93. The maximum atomic E-state index is 5.56. The lowest BCUT2D eigenvalue weighted by atomic mass is 10.2. The van der Waals surface area contributed by atoms with Crippen LogP contribution in [0, 0.1) is 0 Å². The average Bonchev–Trinajstić information content (AvgIpc) is 2.31. The number of hydrogen-bond donors (Lipinski definition) is 1. The van der Waals surface area contributed by atoms with E-state index < -0.39 is 0 Å². The zero-order chi connectivity index (χ0) is 11.8. The highest BCUT2D eigenvalue weighted by Crippen LogP contribution is 2.12. The molecule has 0 aliphatic carbocycles. The number of benzene rings is 1. The number of hydrogen-bond acceptors (Lipinski definition) is 3. The zero-order valence-electron chi connectivity index (χ0n) is 10.5. The average molecular weight is 222 g/mol. The summed E-state index contributed by atoms with van der Waals surface area (Å²) in [6.07, 6.45) is 0. The van der Waals surface area contributed by atoms with Gasteiger partial charge in [-0.1, -0.05) is 19.1 Å². The summed E-state index contributed by atoms with van der Waals surface area (Å²) in [5.74, 6) is 0.943. The highest BCUT2D eigenvalue weighted by atomic mass is 16.5. The maximum Gasteiger partial charge on any atom is 0.119 e. The van der Waals surface area contributed by atoms with Gasteiger partial charge in [0.2, 0.25) is 0 Å². The predicted octanol–water partition coefficient (Wildman–Crippen LogP) is 1.74. The molecule has 0 heterocycles. The lowest BCUT2D eigenvalue weighted by Crippen LogP contribution is -2.17. The molecule has 0 amide bonds. The number of nitrogens with one attached hydrogen (secondary N) is 1. The van der Waals surface area contributed by atoms with Gasteiger partial charge in [-0.3, -0.25) is 0 Å². The Morgan fingerprint density at radius 2 is 1.94 bits per heavy atom. The van der Waals surface area contributed by atoms with Crippen LogP contribution in [0.2, 0.25) is 0 Å². The van der Waals surface area contributed by atoms with Gasteiger partial charge in [-0.25, -0.2) is 0 Å². The molecular weight excluding hydrogens is 200 g/mol. The van der Waals surface area contributed by atoms with Crippen LogP contribution in [0.3, 0.4) is 0 Å². The van der Waals surface area contributed by atoms with Crippen LogP contribution in [0.5, 0.6) is 5.75 Å². The summed E-state index contributed by atoms with van der Waals surface area (Å²) in [4.78, 5) is 2.27. The quantitative estimate of drug-likeness (QED) is 0.711. The van der Waals surface area contributed by atoms with E-state index in [1.165, 1.54) is 5.56 Å². The van der Waals surface area contributed by atoms with E-state index in [0.29, 0.717) is 6.61 Å². The number of likely N-dealkylation sites (N-methyl/N-ethyl adjacent to an activating group) is 1. The molecule has 0 saturated heterocycles. The van der Waals surface area contributed by atoms with Crippen LogP contribution in [0.1, 0.15) is 12.5 Å². The van der Waals surface area contributed by atoms with Crippen molar-refractivity contribution in [1.82, 2.24) is 10.2 Å². The summed E-state index contributed by atoms with van der Waals surface area (Å²) >= 11 is 0. The van der Waals surface area contributed by atoms with E-state index in [2.05, 4.69) is 36.3 Å². The van der Waals surface area contributed by atoms with Gasteiger partial charge < -0.3 is 15.0 Å². The van der Waals surface area contributed by atoms with Crippen LogP contribution in [-0.4, -0.2) is 38.7 Å². The van der Waals surface area contributed by atoms with Crippen molar-refractivity contribution < 1.29 is 4.74 Å². The lowest BCUT2D eigenvalue weighted by Gasteiger charge is -2.14. The van der Waals surface area contributed by atoms with E-state index in [9.17, 15) is 0 Å². The molecule has 0 aromatic heterocycles. The van der Waals surface area contributed by atoms with Crippen LogP contribution in [0.4, 0.5) is 0 Å². The van der Waals surface area contributed by atoms with Crippen molar-refractivity contribution in [3.63, 3.8) is 0 Å². The summed E-state index contributed by atoms with van der Waals surface area (Å²) in [5.41, 5.74) is 1.32. The zero-order valence-corrected chi connectivity index (χ0v) is 10.5. The SMILES string of the molecule is CCN(C)Cc1ccc(OCCNC)cc1. The Hall–Kier alpha value is -1.06.